The summed E-state index contributed by atoms with van der Waals surface area (Å²) in [6.45, 7) is 2.76. The molecule has 1 aliphatic heterocycles. The molecule has 0 spiro atoms. The summed E-state index contributed by atoms with van der Waals surface area (Å²) in [6.07, 6.45) is 4.04. The van der Waals surface area contributed by atoms with Gasteiger partial charge in [0.1, 0.15) is 0 Å². The molecule has 1 saturated heterocycles. The van der Waals surface area contributed by atoms with Crippen LogP contribution in [0.5, 0.6) is 0 Å². The molecule has 21 heavy (non-hydrogen) atoms. The predicted molar refractivity (Wildman–Crippen MR) is 90.0 cm³/mol. The van der Waals surface area contributed by atoms with Crippen LogP contribution in [-0.2, 0) is 10.0 Å². The van der Waals surface area contributed by atoms with E-state index in [-0.39, 0.29) is 11.8 Å². The van der Waals surface area contributed by atoms with Crippen LogP contribution in [0.1, 0.15) is 32.6 Å². The number of nitrogens with zero attached hydrogens (tertiary/aromatic N) is 1. The van der Waals surface area contributed by atoms with Crippen LogP contribution < -0.4 is 5.73 Å². The van der Waals surface area contributed by atoms with E-state index in [1.807, 2.05) is 24.3 Å². The Hall–Kier alpha value is -0.720. The Morgan fingerprint density at radius 3 is 2.67 bits per heavy atom. The van der Waals surface area contributed by atoms with Crippen LogP contribution in [0.15, 0.2) is 29.2 Å². The molecule has 0 saturated carbocycles. The van der Waals surface area contributed by atoms with E-state index in [4.69, 9.17) is 5.73 Å². The molecule has 0 bridgehead atoms. The highest BCUT2D eigenvalue weighted by Gasteiger charge is 2.30. The van der Waals surface area contributed by atoms with Crippen molar-refractivity contribution in [2.45, 2.75) is 43.5 Å². The summed E-state index contributed by atoms with van der Waals surface area (Å²) in [7, 11) is -3.14. The van der Waals surface area contributed by atoms with Crippen molar-refractivity contribution in [3.05, 3.63) is 24.3 Å². The van der Waals surface area contributed by atoms with Crippen molar-refractivity contribution in [3.8, 4) is 0 Å². The van der Waals surface area contributed by atoms with Crippen molar-refractivity contribution in [1.82, 2.24) is 4.31 Å². The van der Waals surface area contributed by atoms with Crippen molar-refractivity contribution < 1.29 is 8.42 Å². The first-order valence-corrected chi connectivity index (χ1v) is 10.1. The molecule has 1 aliphatic rings. The van der Waals surface area contributed by atoms with Crippen LogP contribution in [0.25, 0.3) is 0 Å². The Balaban J connectivity index is 1.90. The number of thioether (sulfide) groups is 1. The van der Waals surface area contributed by atoms with Crippen molar-refractivity contribution in [3.63, 3.8) is 0 Å². The van der Waals surface area contributed by atoms with Gasteiger partial charge in [0.2, 0.25) is 10.0 Å². The van der Waals surface area contributed by atoms with Gasteiger partial charge in [-0.1, -0.05) is 13.3 Å². The number of nitrogens with two attached hydrogens (primary N) is 1. The van der Waals surface area contributed by atoms with E-state index in [0.29, 0.717) is 12.3 Å². The SMILES string of the molecule is CCC1CCCCN1S(=O)(=O)CCSc1ccc(N)cc1. The van der Waals surface area contributed by atoms with Gasteiger partial charge in [-0.25, -0.2) is 8.42 Å². The van der Waals surface area contributed by atoms with E-state index < -0.39 is 10.0 Å². The molecule has 2 N–H and O–H groups in total. The molecular formula is C15H24N2O2S2. The third-order valence-corrected chi connectivity index (χ3v) is 7.08. The van der Waals surface area contributed by atoms with Crippen molar-refractivity contribution in [1.29, 1.82) is 0 Å². The summed E-state index contributed by atoms with van der Waals surface area (Å²) in [5.74, 6) is 0.789. The molecular weight excluding hydrogens is 304 g/mol. The highest BCUT2D eigenvalue weighted by atomic mass is 32.2. The number of hydrogen-bond acceptors (Lipinski definition) is 4. The van der Waals surface area contributed by atoms with E-state index in [9.17, 15) is 8.42 Å². The summed E-state index contributed by atoms with van der Waals surface area (Å²) < 4.78 is 26.7. The maximum absolute atomic E-state index is 12.5. The normalized spacial score (nSPS) is 20.5. The average Bonchev–Trinajstić information content (AvgIpc) is 2.49. The van der Waals surface area contributed by atoms with Crippen LogP contribution in [0, 0.1) is 0 Å². The lowest BCUT2D eigenvalue weighted by Crippen LogP contribution is -2.44. The smallest absolute Gasteiger partial charge is 0.215 e. The maximum atomic E-state index is 12.5. The second-order valence-corrected chi connectivity index (χ2v) is 8.61. The van der Waals surface area contributed by atoms with Crippen molar-refractivity contribution in [2.75, 3.05) is 23.8 Å². The molecule has 2 rings (SSSR count). The molecule has 1 aromatic rings. The van der Waals surface area contributed by atoms with Gasteiger partial charge < -0.3 is 5.73 Å². The Morgan fingerprint density at radius 1 is 1.29 bits per heavy atom. The third kappa shape index (κ3) is 4.63. The van der Waals surface area contributed by atoms with Gasteiger partial charge in [-0.05, 0) is 43.5 Å². The van der Waals surface area contributed by atoms with Crippen molar-refractivity contribution >= 4 is 27.5 Å². The molecule has 1 atom stereocenters. The monoisotopic (exact) mass is 328 g/mol. The van der Waals surface area contributed by atoms with Crippen LogP contribution in [0.3, 0.4) is 0 Å². The maximum Gasteiger partial charge on any atom is 0.215 e. The number of anilines is 1. The van der Waals surface area contributed by atoms with E-state index in [0.717, 1.165) is 36.3 Å². The van der Waals surface area contributed by atoms with Gasteiger partial charge in [0, 0.05) is 28.9 Å². The lowest BCUT2D eigenvalue weighted by molar-refractivity contribution is 0.247. The quantitative estimate of drug-likeness (QED) is 0.644. The molecule has 1 aromatic carbocycles. The van der Waals surface area contributed by atoms with E-state index in [1.54, 1.807) is 16.1 Å². The van der Waals surface area contributed by atoms with Crippen LogP contribution in [0.2, 0.25) is 0 Å². The number of rotatable bonds is 6. The minimum atomic E-state index is -3.14. The topological polar surface area (TPSA) is 63.4 Å². The first-order valence-electron chi connectivity index (χ1n) is 7.51. The Labute approximate surface area is 132 Å². The minimum Gasteiger partial charge on any atom is -0.399 e. The van der Waals surface area contributed by atoms with Gasteiger partial charge in [0.25, 0.3) is 0 Å². The summed E-state index contributed by atoms with van der Waals surface area (Å²) in [5.41, 5.74) is 6.37. The van der Waals surface area contributed by atoms with Gasteiger partial charge in [0.15, 0.2) is 0 Å². The van der Waals surface area contributed by atoms with Crippen molar-refractivity contribution in [2.24, 2.45) is 0 Å². The van der Waals surface area contributed by atoms with Crippen LogP contribution in [-0.4, -0.2) is 36.8 Å². The molecule has 0 aliphatic carbocycles. The number of benzene rings is 1. The second-order valence-electron chi connectivity index (χ2n) is 5.40. The van der Waals surface area contributed by atoms with Gasteiger partial charge in [-0.2, -0.15) is 4.31 Å². The fourth-order valence-electron chi connectivity index (χ4n) is 2.69. The van der Waals surface area contributed by atoms with Gasteiger partial charge >= 0.3 is 0 Å². The lowest BCUT2D eigenvalue weighted by Gasteiger charge is -2.34. The molecule has 0 amide bonds. The molecule has 4 nitrogen and oxygen atoms in total. The predicted octanol–water partition coefficient (Wildman–Crippen LogP) is 2.96. The molecule has 1 heterocycles. The van der Waals surface area contributed by atoms with E-state index in [2.05, 4.69) is 6.92 Å². The fourth-order valence-corrected chi connectivity index (χ4v) is 5.78. The first kappa shape index (κ1) is 16.6. The van der Waals surface area contributed by atoms with Crippen LogP contribution in [0.4, 0.5) is 5.69 Å². The van der Waals surface area contributed by atoms with E-state index >= 15 is 0 Å². The molecule has 0 aromatic heterocycles. The zero-order valence-electron chi connectivity index (χ0n) is 12.5. The van der Waals surface area contributed by atoms with Gasteiger partial charge in [-0.3, -0.25) is 0 Å². The Kier molecular flexibility index (Phi) is 5.96. The standard InChI is InChI=1S/C15H24N2O2S2/c1-2-14-5-3-4-10-17(14)21(18,19)12-11-20-15-8-6-13(16)7-9-15/h6-9,14H,2-5,10-12,16H2,1H3. The molecule has 0 radical (unpaired) electrons. The molecule has 6 heteroatoms. The summed E-state index contributed by atoms with van der Waals surface area (Å²) >= 11 is 1.57. The second kappa shape index (κ2) is 7.51. The number of nitrogen functional groups attached to an aromatic ring is 1. The van der Waals surface area contributed by atoms with Gasteiger partial charge in [0.05, 0.1) is 5.75 Å². The summed E-state index contributed by atoms with van der Waals surface area (Å²) in [4.78, 5) is 1.06. The fraction of sp³-hybridized carbons (Fsp3) is 0.600. The molecule has 118 valence electrons. The highest BCUT2D eigenvalue weighted by Crippen LogP contribution is 2.25. The molecule has 1 fully saturated rings. The van der Waals surface area contributed by atoms with Gasteiger partial charge in [-0.15, -0.1) is 11.8 Å². The Morgan fingerprint density at radius 2 is 2.00 bits per heavy atom. The summed E-state index contributed by atoms with van der Waals surface area (Å²) in [5, 5.41) is 0. The third-order valence-electron chi connectivity index (χ3n) is 3.89. The lowest BCUT2D eigenvalue weighted by atomic mass is 10.0. The average molecular weight is 329 g/mol. The minimum absolute atomic E-state index is 0.199. The largest absolute Gasteiger partial charge is 0.399 e. The zero-order chi connectivity index (χ0) is 15.3. The number of hydrogen-bond donors (Lipinski definition) is 1. The Bertz CT molecular complexity index is 543. The number of piperidine rings is 1. The first-order chi connectivity index (χ1) is 10.0. The number of sulfonamides is 1. The highest BCUT2D eigenvalue weighted by molar-refractivity contribution is 8.00. The van der Waals surface area contributed by atoms with E-state index in [1.165, 1.54) is 0 Å². The van der Waals surface area contributed by atoms with Crippen LogP contribution >= 0.6 is 11.8 Å². The summed E-state index contributed by atoms with van der Waals surface area (Å²) in [6, 6.07) is 7.75. The zero-order valence-corrected chi connectivity index (χ0v) is 14.1. The molecule has 1 unspecified atom stereocenters.